The summed E-state index contributed by atoms with van der Waals surface area (Å²) in [5, 5.41) is 2.58. The highest BCUT2D eigenvalue weighted by molar-refractivity contribution is 7.22. The molecule has 1 spiro atoms. The molecule has 4 heteroatoms. The molecule has 9 aromatic rings. The van der Waals surface area contributed by atoms with Gasteiger partial charge in [0.05, 0.1) is 16.8 Å². The zero-order chi connectivity index (χ0) is 31.4. The van der Waals surface area contributed by atoms with Gasteiger partial charge < -0.3 is 4.57 Å². The Morgan fingerprint density at radius 1 is 0.479 bits per heavy atom. The number of hydrogen-bond acceptors (Lipinski definition) is 3. The van der Waals surface area contributed by atoms with Crippen molar-refractivity contribution in [3.05, 3.63) is 180 Å². The van der Waals surface area contributed by atoms with Crippen LogP contribution in [0.3, 0.4) is 0 Å². The zero-order valence-electron chi connectivity index (χ0n) is 25.7. The SMILES string of the molecule is c1ccc(-n2cnc3c2C2(c4cc(-c5cc6ccccc6s5)ccc4-c4ccc(-c5cc6ccccc6s5)cc42)c2ccccc2-3)cc1. The van der Waals surface area contributed by atoms with Gasteiger partial charge in [0.15, 0.2) is 0 Å². The summed E-state index contributed by atoms with van der Waals surface area (Å²) < 4.78 is 4.97. The van der Waals surface area contributed by atoms with Crippen molar-refractivity contribution < 1.29 is 0 Å². The van der Waals surface area contributed by atoms with Gasteiger partial charge in [-0.3, -0.25) is 0 Å². The maximum absolute atomic E-state index is 5.17. The van der Waals surface area contributed by atoms with Gasteiger partial charge in [-0.2, -0.15) is 0 Å². The van der Waals surface area contributed by atoms with E-state index in [4.69, 9.17) is 4.98 Å². The fourth-order valence-corrected chi connectivity index (χ4v) is 10.4. The van der Waals surface area contributed by atoms with E-state index in [0.29, 0.717) is 0 Å². The molecule has 0 radical (unpaired) electrons. The number of thiophene rings is 2. The number of hydrogen-bond donors (Lipinski definition) is 0. The van der Waals surface area contributed by atoms with Crippen LogP contribution in [-0.4, -0.2) is 9.55 Å². The van der Waals surface area contributed by atoms with Gasteiger partial charge in [0.25, 0.3) is 0 Å². The predicted octanol–water partition coefficient (Wildman–Crippen LogP) is 12.0. The molecule has 2 aliphatic rings. The van der Waals surface area contributed by atoms with Gasteiger partial charge in [-0.05, 0) is 98.2 Å². The maximum Gasteiger partial charge on any atom is 0.100 e. The molecule has 0 unspecified atom stereocenters. The Bertz CT molecular complexity index is 2550. The highest BCUT2D eigenvalue weighted by atomic mass is 32.1. The van der Waals surface area contributed by atoms with E-state index < -0.39 is 5.41 Å². The van der Waals surface area contributed by atoms with Crippen molar-refractivity contribution in [2.24, 2.45) is 0 Å². The first kappa shape index (κ1) is 26.5. The third kappa shape index (κ3) is 3.48. The maximum atomic E-state index is 5.17. The normalized spacial score (nSPS) is 13.6. The second kappa shape index (κ2) is 9.74. The Morgan fingerprint density at radius 2 is 1.04 bits per heavy atom. The molecule has 224 valence electrons. The second-order valence-corrected chi connectivity index (χ2v) is 14.9. The average Bonchev–Trinajstić information content (AvgIpc) is 3.96. The van der Waals surface area contributed by atoms with Crippen molar-refractivity contribution in [2.75, 3.05) is 0 Å². The summed E-state index contributed by atoms with van der Waals surface area (Å²) in [5.74, 6) is 0. The average molecular weight is 647 g/mol. The molecule has 0 fully saturated rings. The minimum atomic E-state index is -0.539. The quantitative estimate of drug-likeness (QED) is 0.187. The van der Waals surface area contributed by atoms with Crippen LogP contribution in [0, 0.1) is 0 Å². The monoisotopic (exact) mass is 646 g/mol. The Hall–Kier alpha value is -5.55. The molecule has 2 nitrogen and oxygen atoms in total. The van der Waals surface area contributed by atoms with E-state index in [-0.39, 0.29) is 0 Å². The summed E-state index contributed by atoms with van der Waals surface area (Å²) in [7, 11) is 0. The van der Waals surface area contributed by atoms with E-state index in [1.54, 1.807) is 0 Å². The van der Waals surface area contributed by atoms with E-state index in [9.17, 15) is 0 Å². The lowest BCUT2D eigenvalue weighted by atomic mass is 9.72. The van der Waals surface area contributed by atoms with E-state index in [2.05, 4.69) is 156 Å². The van der Waals surface area contributed by atoms with Crippen LogP contribution in [-0.2, 0) is 5.41 Å². The van der Waals surface area contributed by atoms with Gasteiger partial charge >= 0.3 is 0 Å². The van der Waals surface area contributed by atoms with Gasteiger partial charge in [-0.1, -0.05) is 103 Å². The lowest BCUT2D eigenvalue weighted by molar-refractivity contribution is 0.731. The Morgan fingerprint density at radius 3 is 1.67 bits per heavy atom. The number of aromatic nitrogens is 2. The van der Waals surface area contributed by atoms with Gasteiger partial charge in [0.2, 0.25) is 0 Å². The molecule has 3 aromatic heterocycles. The van der Waals surface area contributed by atoms with E-state index in [0.717, 1.165) is 11.4 Å². The lowest BCUT2D eigenvalue weighted by Crippen LogP contribution is -2.28. The van der Waals surface area contributed by atoms with Crippen LogP contribution in [0.15, 0.2) is 158 Å². The largest absolute Gasteiger partial charge is 0.301 e. The third-order valence-electron chi connectivity index (χ3n) is 10.3. The van der Waals surface area contributed by atoms with Gasteiger partial charge in [-0.25, -0.2) is 4.98 Å². The first-order chi connectivity index (χ1) is 23.8. The zero-order valence-corrected chi connectivity index (χ0v) is 27.4. The molecule has 0 saturated carbocycles. The Labute approximate surface area is 285 Å². The van der Waals surface area contributed by atoms with Crippen molar-refractivity contribution in [3.63, 3.8) is 0 Å². The Balaban J connectivity index is 1.24. The fraction of sp³-hybridized carbons (Fsp3) is 0.0227. The molecule has 0 N–H and O–H groups in total. The minimum Gasteiger partial charge on any atom is -0.301 e. The molecule has 0 bridgehead atoms. The van der Waals surface area contributed by atoms with Crippen LogP contribution in [0.25, 0.3) is 69.1 Å². The summed E-state index contributed by atoms with van der Waals surface area (Å²) in [4.78, 5) is 7.75. The van der Waals surface area contributed by atoms with Gasteiger partial charge in [0, 0.05) is 30.4 Å². The standard InChI is InChI=1S/C44H26N2S2/c1-2-12-31(13-3-1)46-26-45-42-34-14-6-7-15-35(34)44(43(42)46)36-22-29(40-24-27-10-4-8-16-38(27)47-40)18-20-32(36)33-21-19-30(23-37(33)44)41-25-28-11-5-9-17-39(28)48-41/h1-26H. The summed E-state index contributed by atoms with van der Waals surface area (Å²) in [6, 6.07) is 56.1. The molecule has 2 aliphatic carbocycles. The van der Waals surface area contributed by atoms with Crippen LogP contribution in [0.5, 0.6) is 0 Å². The van der Waals surface area contributed by atoms with Gasteiger partial charge in [-0.15, -0.1) is 22.7 Å². The van der Waals surface area contributed by atoms with Crippen molar-refractivity contribution in [3.8, 4) is 49.0 Å². The fourth-order valence-electron chi connectivity index (χ4n) is 8.26. The third-order valence-corrected chi connectivity index (χ3v) is 12.6. The van der Waals surface area contributed by atoms with Crippen LogP contribution in [0.4, 0.5) is 0 Å². The molecule has 0 atom stereocenters. The van der Waals surface area contributed by atoms with Crippen LogP contribution in [0.2, 0.25) is 0 Å². The molecule has 3 heterocycles. The van der Waals surface area contributed by atoms with Crippen LogP contribution >= 0.6 is 22.7 Å². The summed E-state index contributed by atoms with van der Waals surface area (Å²) in [6.07, 6.45) is 2.03. The van der Waals surface area contributed by atoms with Crippen molar-refractivity contribution >= 4 is 42.8 Å². The van der Waals surface area contributed by atoms with Crippen molar-refractivity contribution in [1.29, 1.82) is 0 Å². The minimum absolute atomic E-state index is 0.539. The number of rotatable bonds is 3. The van der Waals surface area contributed by atoms with Crippen molar-refractivity contribution in [1.82, 2.24) is 9.55 Å². The molecule has 0 amide bonds. The summed E-state index contributed by atoms with van der Waals surface area (Å²) >= 11 is 3.74. The van der Waals surface area contributed by atoms with E-state index in [1.807, 2.05) is 29.0 Å². The van der Waals surface area contributed by atoms with Crippen LogP contribution < -0.4 is 0 Å². The predicted molar refractivity (Wildman–Crippen MR) is 201 cm³/mol. The molecule has 6 aromatic carbocycles. The smallest absolute Gasteiger partial charge is 0.100 e. The Kier molecular flexibility index (Phi) is 5.38. The molecular formula is C44H26N2S2. The summed E-state index contributed by atoms with van der Waals surface area (Å²) in [5.41, 5.74) is 13.1. The van der Waals surface area contributed by atoms with Gasteiger partial charge in [0.1, 0.15) is 6.33 Å². The molecule has 0 aliphatic heterocycles. The van der Waals surface area contributed by atoms with Crippen molar-refractivity contribution in [2.45, 2.75) is 5.41 Å². The van der Waals surface area contributed by atoms with Crippen LogP contribution in [0.1, 0.15) is 22.4 Å². The number of fused-ring (bicyclic) bond motifs is 12. The lowest BCUT2D eigenvalue weighted by Gasteiger charge is -2.31. The topological polar surface area (TPSA) is 17.8 Å². The number of imidazole rings is 1. The number of para-hydroxylation sites is 1. The number of benzene rings is 6. The summed E-state index contributed by atoms with van der Waals surface area (Å²) in [6.45, 7) is 0. The highest BCUT2D eigenvalue weighted by Crippen LogP contribution is 2.63. The van der Waals surface area contributed by atoms with E-state index >= 15 is 0 Å². The first-order valence-electron chi connectivity index (χ1n) is 16.3. The number of nitrogens with zero attached hydrogens (tertiary/aromatic N) is 2. The molecule has 11 rings (SSSR count). The highest BCUT2D eigenvalue weighted by Gasteiger charge is 2.54. The van der Waals surface area contributed by atoms with E-state index in [1.165, 1.54) is 80.1 Å². The molecule has 48 heavy (non-hydrogen) atoms. The second-order valence-electron chi connectivity index (χ2n) is 12.8. The molecule has 0 saturated heterocycles. The molecular weight excluding hydrogens is 621 g/mol. The first-order valence-corrected chi connectivity index (χ1v) is 17.9.